The van der Waals surface area contributed by atoms with Crippen LogP contribution in [0.3, 0.4) is 0 Å². The molecule has 1 rings (SSSR count). The Morgan fingerprint density at radius 2 is 1.74 bits per heavy atom. The van der Waals surface area contributed by atoms with Crippen LogP contribution < -0.4 is 4.74 Å². The monoisotopic (exact) mass is 264 g/mol. The topological polar surface area (TPSA) is 77.3 Å². The summed E-state index contributed by atoms with van der Waals surface area (Å²) in [7, 11) is 0. The molecule has 0 fully saturated rings. The molecule has 0 unspecified atom stereocenters. The summed E-state index contributed by atoms with van der Waals surface area (Å²) in [4.78, 5) is 22.3. The third-order valence-corrected chi connectivity index (χ3v) is 2.16. The van der Waals surface area contributed by atoms with Crippen molar-refractivity contribution in [3.05, 3.63) is 29.8 Å². The van der Waals surface area contributed by atoms with E-state index in [1.807, 2.05) is 13.8 Å². The summed E-state index contributed by atoms with van der Waals surface area (Å²) in [6, 6.07) is 6.84. The zero-order valence-corrected chi connectivity index (χ0v) is 11.0. The predicted octanol–water partition coefficient (Wildman–Crippen LogP) is 3.88. The molecule has 0 saturated heterocycles. The van der Waals surface area contributed by atoms with Crippen molar-refractivity contribution >= 4 is 12.2 Å². The lowest BCUT2D eigenvalue weighted by Gasteiger charge is -2.00. The third kappa shape index (κ3) is 6.30. The summed E-state index contributed by atoms with van der Waals surface area (Å²) in [5, 5.41) is 6.21. The number of carbonyl (C=O) groups excluding carboxylic acids is 2. The molecule has 0 N–H and O–H groups in total. The largest absolute Gasteiger partial charge is 0.458 e. The maximum absolute atomic E-state index is 11.2. The van der Waals surface area contributed by atoms with Gasteiger partial charge in [-0.3, -0.25) is 0 Å². The van der Waals surface area contributed by atoms with Gasteiger partial charge >= 0.3 is 12.2 Å². The maximum atomic E-state index is 11.2. The molecule has 0 bridgehead atoms. The molecule has 0 aliphatic heterocycles. The van der Waals surface area contributed by atoms with E-state index in [1.165, 1.54) is 0 Å². The van der Waals surface area contributed by atoms with E-state index in [-0.39, 0.29) is 6.61 Å². The lowest BCUT2D eigenvalue weighted by atomic mass is 10.2. The second-order valence-electron chi connectivity index (χ2n) is 3.85. The van der Waals surface area contributed by atoms with E-state index in [0.717, 1.165) is 18.4 Å². The van der Waals surface area contributed by atoms with E-state index in [9.17, 15) is 9.59 Å². The van der Waals surface area contributed by atoms with Crippen molar-refractivity contribution in [2.75, 3.05) is 6.61 Å². The van der Waals surface area contributed by atoms with Gasteiger partial charge in [-0.25, -0.2) is 9.59 Å². The number of unbranched alkanes of at least 4 members (excludes halogenated alkanes) is 1. The molecule has 0 radical (unpaired) electrons. The first-order valence-electron chi connectivity index (χ1n) is 5.98. The van der Waals surface area contributed by atoms with E-state index in [2.05, 4.69) is 10.2 Å². The van der Waals surface area contributed by atoms with Crippen LogP contribution in [0.5, 0.6) is 5.75 Å². The average Bonchev–Trinajstić information content (AvgIpc) is 2.39. The van der Waals surface area contributed by atoms with Crippen molar-refractivity contribution in [3.63, 3.8) is 0 Å². The molecule has 19 heavy (non-hydrogen) atoms. The van der Waals surface area contributed by atoms with E-state index in [1.54, 1.807) is 24.3 Å². The van der Waals surface area contributed by atoms with E-state index in [0.29, 0.717) is 5.75 Å². The van der Waals surface area contributed by atoms with Crippen molar-refractivity contribution in [2.24, 2.45) is 10.2 Å². The summed E-state index contributed by atoms with van der Waals surface area (Å²) in [5.74, 6) is 0.342. The fourth-order valence-electron chi connectivity index (χ4n) is 1.14. The smallest absolute Gasteiger partial charge is 0.447 e. The molecular weight excluding hydrogens is 248 g/mol. The highest BCUT2D eigenvalue weighted by molar-refractivity contribution is 5.74. The Morgan fingerprint density at radius 1 is 1.11 bits per heavy atom. The summed E-state index contributed by atoms with van der Waals surface area (Å²) in [6.45, 7) is 4.15. The molecule has 0 saturated carbocycles. The van der Waals surface area contributed by atoms with Crippen LogP contribution in [0.25, 0.3) is 0 Å². The lowest BCUT2D eigenvalue weighted by Crippen LogP contribution is -2.04. The van der Waals surface area contributed by atoms with Crippen molar-refractivity contribution in [1.29, 1.82) is 0 Å². The average molecular weight is 264 g/mol. The molecule has 2 amide bonds. The van der Waals surface area contributed by atoms with Crippen LogP contribution in [-0.4, -0.2) is 18.8 Å². The molecule has 0 aromatic heterocycles. The van der Waals surface area contributed by atoms with Gasteiger partial charge in [0, 0.05) is 0 Å². The fourth-order valence-corrected chi connectivity index (χ4v) is 1.14. The number of nitrogens with zero attached hydrogens (tertiary/aromatic N) is 2. The second kappa shape index (κ2) is 7.97. The number of hydrogen-bond acceptors (Lipinski definition) is 4. The molecule has 6 heteroatoms. The zero-order chi connectivity index (χ0) is 14.1. The van der Waals surface area contributed by atoms with Gasteiger partial charge < -0.3 is 9.47 Å². The fraction of sp³-hybridized carbons (Fsp3) is 0.385. The molecule has 0 atom stereocenters. The normalized spacial score (nSPS) is 10.4. The SMILES string of the molecule is CCCCOC(=O)N=NC(=O)Oc1ccc(C)cc1. The lowest BCUT2D eigenvalue weighted by molar-refractivity contribution is 0.152. The molecule has 1 aromatic carbocycles. The molecule has 102 valence electrons. The minimum absolute atomic E-state index is 0.265. The summed E-state index contributed by atoms with van der Waals surface area (Å²) in [5.41, 5.74) is 1.04. The van der Waals surface area contributed by atoms with Crippen LogP contribution in [-0.2, 0) is 4.74 Å². The van der Waals surface area contributed by atoms with Crippen LogP contribution in [0.15, 0.2) is 34.5 Å². The van der Waals surface area contributed by atoms with Gasteiger partial charge in [-0.2, -0.15) is 0 Å². The van der Waals surface area contributed by atoms with Crippen LogP contribution in [0, 0.1) is 6.92 Å². The van der Waals surface area contributed by atoms with E-state index < -0.39 is 12.2 Å². The van der Waals surface area contributed by atoms with Crippen LogP contribution in [0.2, 0.25) is 0 Å². The number of carbonyl (C=O) groups is 2. The standard InChI is InChI=1S/C13H16N2O4/c1-3-4-9-18-12(16)14-15-13(17)19-11-7-5-10(2)6-8-11/h5-8H,3-4,9H2,1-2H3. The van der Waals surface area contributed by atoms with Crippen LogP contribution in [0.1, 0.15) is 25.3 Å². The maximum Gasteiger partial charge on any atom is 0.458 e. The molecule has 6 nitrogen and oxygen atoms in total. The second-order valence-corrected chi connectivity index (χ2v) is 3.85. The highest BCUT2D eigenvalue weighted by atomic mass is 16.6. The number of benzene rings is 1. The first kappa shape index (κ1) is 14.8. The Morgan fingerprint density at radius 3 is 2.37 bits per heavy atom. The summed E-state index contributed by atoms with van der Waals surface area (Å²) in [6.07, 6.45) is -0.208. The van der Waals surface area contributed by atoms with Gasteiger partial charge in [0.15, 0.2) is 0 Å². The molecular formula is C13H16N2O4. The Bertz CT molecular complexity index is 454. The highest BCUT2D eigenvalue weighted by Crippen LogP contribution is 2.12. The van der Waals surface area contributed by atoms with Crippen LogP contribution in [0.4, 0.5) is 9.59 Å². The van der Waals surface area contributed by atoms with Crippen molar-refractivity contribution < 1.29 is 19.1 Å². The molecule has 1 aromatic rings. The quantitative estimate of drug-likeness (QED) is 0.610. The van der Waals surface area contributed by atoms with Gasteiger partial charge in [-0.05, 0) is 25.5 Å². The minimum Gasteiger partial charge on any atom is -0.447 e. The van der Waals surface area contributed by atoms with Gasteiger partial charge in [0.05, 0.1) is 6.61 Å². The zero-order valence-electron chi connectivity index (χ0n) is 11.0. The number of rotatable bonds is 4. The highest BCUT2D eigenvalue weighted by Gasteiger charge is 2.05. The summed E-state index contributed by atoms with van der Waals surface area (Å²) >= 11 is 0. The van der Waals surface area contributed by atoms with E-state index in [4.69, 9.17) is 9.47 Å². The Labute approximate surface area is 111 Å². The molecule has 0 spiro atoms. The summed E-state index contributed by atoms with van der Waals surface area (Å²) < 4.78 is 9.53. The van der Waals surface area contributed by atoms with Crippen molar-refractivity contribution in [2.45, 2.75) is 26.7 Å². The number of ether oxygens (including phenoxy) is 2. The molecule has 0 aliphatic carbocycles. The molecule has 0 aliphatic rings. The minimum atomic E-state index is -0.962. The van der Waals surface area contributed by atoms with Gasteiger partial charge in [0.25, 0.3) is 0 Å². The Hall–Kier alpha value is -2.24. The van der Waals surface area contributed by atoms with Gasteiger partial charge in [0.1, 0.15) is 5.75 Å². The van der Waals surface area contributed by atoms with E-state index >= 15 is 0 Å². The van der Waals surface area contributed by atoms with Gasteiger partial charge in [-0.15, -0.1) is 0 Å². The Balaban J connectivity index is 2.38. The van der Waals surface area contributed by atoms with Gasteiger partial charge in [-0.1, -0.05) is 41.3 Å². The molecule has 0 heterocycles. The van der Waals surface area contributed by atoms with Crippen molar-refractivity contribution in [3.8, 4) is 5.75 Å². The predicted molar refractivity (Wildman–Crippen MR) is 68.3 cm³/mol. The van der Waals surface area contributed by atoms with Crippen molar-refractivity contribution in [1.82, 2.24) is 0 Å². The number of hydrogen-bond donors (Lipinski definition) is 0. The first-order chi connectivity index (χ1) is 9.11. The van der Waals surface area contributed by atoms with Gasteiger partial charge in [0.2, 0.25) is 0 Å². The van der Waals surface area contributed by atoms with Crippen LogP contribution >= 0.6 is 0 Å². The Kier molecular flexibility index (Phi) is 6.21. The number of aryl methyl sites for hydroxylation is 1. The first-order valence-corrected chi connectivity index (χ1v) is 5.98. The third-order valence-electron chi connectivity index (χ3n) is 2.16. The number of azo groups is 1. The number of amides is 2.